The van der Waals surface area contributed by atoms with Crippen LogP contribution in [0.25, 0.3) is 0 Å². The lowest BCUT2D eigenvalue weighted by atomic mass is 9.98. The monoisotopic (exact) mass is 377 g/mol. The summed E-state index contributed by atoms with van der Waals surface area (Å²) in [4.78, 5) is 13.8. The molecule has 7 heteroatoms. The second kappa shape index (κ2) is 9.43. The van der Waals surface area contributed by atoms with Gasteiger partial charge in [-0.15, -0.1) is 0 Å². The number of halogens is 2. The predicted octanol–water partition coefficient (Wildman–Crippen LogP) is 1.41. The molecule has 5 nitrogen and oxygen atoms in total. The Kier molecular flexibility index (Phi) is 6.73. The number of hydrogen-bond donors (Lipinski definition) is 2. The van der Waals surface area contributed by atoms with Gasteiger partial charge in [-0.1, -0.05) is 42.5 Å². The second-order valence-corrected chi connectivity index (χ2v) is 6.40. The van der Waals surface area contributed by atoms with Crippen LogP contribution in [0, 0.1) is 0 Å². The highest BCUT2D eigenvalue weighted by atomic mass is 19.3. The molecule has 1 heterocycles. The van der Waals surface area contributed by atoms with Crippen molar-refractivity contribution in [3.8, 4) is 5.75 Å². The minimum absolute atomic E-state index is 0.0614. The van der Waals surface area contributed by atoms with Crippen molar-refractivity contribution >= 4 is 5.91 Å². The molecule has 1 aliphatic rings. The molecule has 1 aliphatic heterocycles. The first-order valence-corrected chi connectivity index (χ1v) is 8.92. The van der Waals surface area contributed by atoms with Crippen LogP contribution in [0.15, 0.2) is 54.6 Å². The number of morpholine rings is 1. The number of benzene rings is 2. The number of nitrogens with one attached hydrogen (secondary N) is 2. The van der Waals surface area contributed by atoms with Gasteiger partial charge >= 0.3 is 6.61 Å². The van der Waals surface area contributed by atoms with E-state index in [9.17, 15) is 13.6 Å². The molecule has 144 valence electrons. The van der Waals surface area contributed by atoms with E-state index in [0.29, 0.717) is 19.8 Å². The number of rotatable bonds is 7. The van der Waals surface area contributed by atoms with Gasteiger partial charge in [-0.2, -0.15) is 8.78 Å². The summed E-state index contributed by atoms with van der Waals surface area (Å²) in [6.45, 7) is 0.454. The average molecular weight is 377 g/mol. The van der Waals surface area contributed by atoms with Crippen molar-refractivity contribution in [2.45, 2.75) is 12.7 Å². The topological polar surface area (TPSA) is 52.0 Å². The van der Waals surface area contributed by atoms with Gasteiger partial charge in [-0.3, -0.25) is 4.79 Å². The molecule has 3 rings (SSSR count). The van der Waals surface area contributed by atoms with E-state index in [2.05, 4.69) is 10.1 Å². The quantitative estimate of drug-likeness (QED) is 0.767. The Labute approximate surface area is 156 Å². The molecule has 0 bridgehead atoms. The van der Waals surface area contributed by atoms with Gasteiger partial charge in [0.05, 0.1) is 19.3 Å². The van der Waals surface area contributed by atoms with E-state index in [-0.39, 0.29) is 17.7 Å². The Morgan fingerprint density at radius 1 is 1.04 bits per heavy atom. The highest BCUT2D eigenvalue weighted by Gasteiger charge is 2.22. The first kappa shape index (κ1) is 19.3. The Morgan fingerprint density at radius 2 is 1.67 bits per heavy atom. The van der Waals surface area contributed by atoms with E-state index < -0.39 is 6.61 Å². The lowest BCUT2D eigenvalue weighted by molar-refractivity contribution is -0.900. The van der Waals surface area contributed by atoms with E-state index in [1.807, 2.05) is 30.3 Å². The van der Waals surface area contributed by atoms with Gasteiger partial charge in [0.15, 0.2) is 6.54 Å². The number of carbonyl (C=O) groups is 1. The van der Waals surface area contributed by atoms with Gasteiger partial charge < -0.3 is 19.7 Å². The summed E-state index contributed by atoms with van der Waals surface area (Å²) in [6, 6.07) is 15.5. The van der Waals surface area contributed by atoms with Gasteiger partial charge in [-0.25, -0.2) is 0 Å². The summed E-state index contributed by atoms with van der Waals surface area (Å²) in [7, 11) is 0. The third-order valence-electron chi connectivity index (χ3n) is 4.49. The predicted molar refractivity (Wildman–Crippen MR) is 95.9 cm³/mol. The fourth-order valence-corrected chi connectivity index (χ4v) is 3.12. The summed E-state index contributed by atoms with van der Waals surface area (Å²) in [5.74, 6) is 0.0262. The Hall–Kier alpha value is -2.51. The van der Waals surface area contributed by atoms with E-state index in [4.69, 9.17) is 4.74 Å². The zero-order chi connectivity index (χ0) is 19.1. The van der Waals surface area contributed by atoms with Crippen LogP contribution in [-0.2, 0) is 9.53 Å². The first-order chi connectivity index (χ1) is 13.1. The largest absolute Gasteiger partial charge is 0.435 e. The van der Waals surface area contributed by atoms with Crippen molar-refractivity contribution in [2.24, 2.45) is 0 Å². The molecular formula is C20H23F2N2O3+. The molecule has 0 unspecified atom stereocenters. The van der Waals surface area contributed by atoms with Gasteiger partial charge in [0.1, 0.15) is 18.8 Å². The molecule has 0 aromatic heterocycles. The van der Waals surface area contributed by atoms with Crippen molar-refractivity contribution in [3.05, 3.63) is 65.7 Å². The molecule has 1 fully saturated rings. The van der Waals surface area contributed by atoms with Crippen molar-refractivity contribution in [3.63, 3.8) is 0 Å². The SMILES string of the molecule is O=C(C[NH+]1CCOCC1)N[C@H](c1ccccc1)c1ccc(OC(F)F)cc1. The fourth-order valence-electron chi connectivity index (χ4n) is 3.12. The lowest BCUT2D eigenvalue weighted by Crippen LogP contribution is -3.15. The van der Waals surface area contributed by atoms with Crippen molar-refractivity contribution in [2.75, 3.05) is 32.8 Å². The molecule has 0 aliphatic carbocycles. The summed E-state index contributed by atoms with van der Waals surface area (Å²) < 4.78 is 34.4. The molecule has 1 atom stereocenters. The standard InChI is InChI=1S/C20H22F2N2O3/c21-20(22)27-17-8-6-16(7-9-17)19(15-4-2-1-3-5-15)23-18(25)14-24-10-12-26-13-11-24/h1-9,19-20H,10-14H2,(H,23,25)/p+1/t19-/m1/s1. The fraction of sp³-hybridized carbons (Fsp3) is 0.350. The molecule has 1 amide bonds. The zero-order valence-corrected chi connectivity index (χ0v) is 14.9. The molecule has 2 aromatic rings. The lowest BCUT2D eigenvalue weighted by Gasteiger charge is -2.25. The van der Waals surface area contributed by atoms with Gasteiger partial charge in [0.25, 0.3) is 5.91 Å². The molecule has 0 saturated carbocycles. The number of carbonyl (C=O) groups excluding carboxylic acids is 1. The van der Waals surface area contributed by atoms with Crippen LogP contribution in [-0.4, -0.2) is 45.4 Å². The van der Waals surface area contributed by atoms with Gasteiger partial charge in [-0.05, 0) is 23.3 Å². The molecule has 1 saturated heterocycles. The molecule has 27 heavy (non-hydrogen) atoms. The van der Waals surface area contributed by atoms with E-state index >= 15 is 0 Å². The minimum atomic E-state index is -2.86. The number of ether oxygens (including phenoxy) is 2. The summed E-state index contributed by atoms with van der Waals surface area (Å²) >= 11 is 0. The number of alkyl halides is 2. The maximum Gasteiger partial charge on any atom is 0.387 e. The van der Waals surface area contributed by atoms with E-state index in [1.165, 1.54) is 17.0 Å². The summed E-state index contributed by atoms with van der Waals surface area (Å²) in [6.07, 6.45) is 0. The molecule has 2 N–H and O–H groups in total. The van der Waals surface area contributed by atoms with Gasteiger partial charge in [0, 0.05) is 0 Å². The Morgan fingerprint density at radius 3 is 2.30 bits per heavy atom. The van der Waals surface area contributed by atoms with Crippen molar-refractivity contribution < 1.29 is 27.9 Å². The average Bonchev–Trinajstić information content (AvgIpc) is 2.68. The van der Waals surface area contributed by atoms with Crippen molar-refractivity contribution in [1.29, 1.82) is 0 Å². The normalized spacial score (nSPS) is 16.1. The second-order valence-electron chi connectivity index (χ2n) is 6.40. The Bertz CT molecular complexity index is 720. The van der Waals surface area contributed by atoms with Crippen LogP contribution >= 0.6 is 0 Å². The maximum atomic E-state index is 12.6. The minimum Gasteiger partial charge on any atom is -0.435 e. The van der Waals surface area contributed by atoms with Crippen LogP contribution in [0.1, 0.15) is 17.2 Å². The van der Waals surface area contributed by atoms with E-state index in [0.717, 1.165) is 24.2 Å². The molecule has 0 spiro atoms. The van der Waals surface area contributed by atoms with Crippen LogP contribution in [0.3, 0.4) is 0 Å². The molecular weight excluding hydrogens is 354 g/mol. The molecule has 2 aromatic carbocycles. The summed E-state index contributed by atoms with van der Waals surface area (Å²) in [5, 5.41) is 3.07. The zero-order valence-electron chi connectivity index (χ0n) is 14.9. The van der Waals surface area contributed by atoms with E-state index in [1.54, 1.807) is 12.1 Å². The van der Waals surface area contributed by atoms with Gasteiger partial charge in [0.2, 0.25) is 0 Å². The maximum absolute atomic E-state index is 12.6. The highest BCUT2D eigenvalue weighted by Crippen LogP contribution is 2.24. The number of quaternary nitrogens is 1. The third kappa shape index (κ3) is 5.74. The number of hydrogen-bond acceptors (Lipinski definition) is 3. The summed E-state index contributed by atoms with van der Waals surface area (Å²) in [5.41, 5.74) is 1.72. The smallest absolute Gasteiger partial charge is 0.387 e. The number of amides is 1. The first-order valence-electron chi connectivity index (χ1n) is 8.92. The van der Waals surface area contributed by atoms with Crippen LogP contribution in [0.4, 0.5) is 8.78 Å². The van der Waals surface area contributed by atoms with Crippen LogP contribution in [0.2, 0.25) is 0 Å². The van der Waals surface area contributed by atoms with Crippen molar-refractivity contribution in [1.82, 2.24) is 5.32 Å². The van der Waals surface area contributed by atoms with Crippen LogP contribution < -0.4 is 15.0 Å². The highest BCUT2D eigenvalue weighted by molar-refractivity contribution is 5.78. The third-order valence-corrected chi connectivity index (χ3v) is 4.49. The van der Waals surface area contributed by atoms with Crippen LogP contribution in [0.5, 0.6) is 5.75 Å². The molecule has 0 radical (unpaired) electrons. The Balaban J connectivity index is 1.74.